The van der Waals surface area contributed by atoms with Crippen LogP contribution in [0.1, 0.15) is 84.0 Å². The average Bonchev–Trinajstić information content (AvgIpc) is 3.17. The maximum atomic E-state index is 12.6. The van der Waals surface area contributed by atoms with E-state index < -0.39 is 17.5 Å². The van der Waals surface area contributed by atoms with Gasteiger partial charge in [-0.05, 0) is 64.8 Å². The smallest absolute Gasteiger partial charge is 0.407 e. The lowest BCUT2D eigenvalue weighted by Gasteiger charge is -2.32. The van der Waals surface area contributed by atoms with Gasteiger partial charge in [-0.3, -0.25) is 20.0 Å². The van der Waals surface area contributed by atoms with Crippen LogP contribution in [0.25, 0.3) is 0 Å². The van der Waals surface area contributed by atoms with Crippen molar-refractivity contribution in [2.45, 2.75) is 84.0 Å². The van der Waals surface area contributed by atoms with Crippen molar-refractivity contribution in [3.63, 3.8) is 0 Å². The van der Waals surface area contributed by atoms with Crippen LogP contribution in [0.2, 0.25) is 0 Å². The van der Waals surface area contributed by atoms with E-state index in [2.05, 4.69) is 30.4 Å². The summed E-state index contributed by atoms with van der Waals surface area (Å²) in [6, 6.07) is 0. The molecule has 16 nitrogen and oxygen atoms in total. The number of hydrogen-bond acceptors (Lipinski definition) is 14. The van der Waals surface area contributed by atoms with Crippen LogP contribution in [0.15, 0.2) is 37.5 Å². The number of ether oxygens (including phenoxy) is 6. The highest BCUT2D eigenvalue weighted by Crippen LogP contribution is 2.22. The number of amides is 2. The zero-order valence-corrected chi connectivity index (χ0v) is 32.4. The number of alkyl carbamates (subject to hydrolysis) is 1. The van der Waals surface area contributed by atoms with Crippen molar-refractivity contribution < 1.29 is 47.6 Å². The molecule has 0 aliphatic carbocycles. The Morgan fingerprint density at radius 2 is 1.28 bits per heavy atom. The molecule has 0 aliphatic rings. The van der Waals surface area contributed by atoms with Crippen molar-refractivity contribution in [1.82, 2.24) is 20.8 Å². The minimum Gasteiger partial charge on any atom is -0.461 e. The molecule has 0 heterocycles. The number of carbonyl (C=O) groups is 3. The summed E-state index contributed by atoms with van der Waals surface area (Å²) in [5.74, 6) is -0.570. The molecule has 0 spiro atoms. The molecule has 0 radical (unpaired) electrons. The number of esters is 1. The number of hydrogen-bond donors (Lipinski definition) is 2. The monoisotopic (exact) mass is 764 g/mol. The first-order valence-electron chi connectivity index (χ1n) is 18.7. The molecule has 0 saturated heterocycles. The molecule has 0 bridgehead atoms. The number of nitrogens with one attached hydrogen (secondary N) is 2. The van der Waals surface area contributed by atoms with Crippen LogP contribution in [-0.2, 0) is 42.8 Å². The van der Waals surface area contributed by atoms with E-state index in [-0.39, 0.29) is 51.9 Å². The molecule has 0 fully saturated rings. The summed E-state index contributed by atoms with van der Waals surface area (Å²) in [4.78, 5) is 42.7. The van der Waals surface area contributed by atoms with Gasteiger partial charge in [-0.1, -0.05) is 49.6 Å². The maximum Gasteiger partial charge on any atom is 0.407 e. The van der Waals surface area contributed by atoms with E-state index in [1.807, 2.05) is 0 Å². The fourth-order valence-electron chi connectivity index (χ4n) is 4.84. The summed E-state index contributed by atoms with van der Waals surface area (Å²) < 4.78 is 31.7. The van der Waals surface area contributed by atoms with Gasteiger partial charge in [-0.15, -0.1) is 13.2 Å². The van der Waals surface area contributed by atoms with Crippen molar-refractivity contribution in [3.8, 4) is 12.5 Å². The summed E-state index contributed by atoms with van der Waals surface area (Å²) in [7, 11) is 0. The largest absolute Gasteiger partial charge is 0.461 e. The van der Waals surface area contributed by atoms with E-state index in [4.69, 9.17) is 43.8 Å². The first-order valence-corrected chi connectivity index (χ1v) is 18.7. The summed E-state index contributed by atoms with van der Waals surface area (Å²) >= 11 is 0. The average molecular weight is 765 g/mol. The van der Waals surface area contributed by atoms with Gasteiger partial charge in [0.05, 0.1) is 31.8 Å². The Kier molecular flexibility index (Phi) is 33.0. The van der Waals surface area contributed by atoms with Crippen LogP contribution >= 0.6 is 0 Å². The number of rotatable bonds is 39. The second kappa shape index (κ2) is 35.8. The van der Waals surface area contributed by atoms with Gasteiger partial charge in [0.25, 0.3) is 12.5 Å². The Labute approximate surface area is 322 Å². The molecular formula is C38H64N6O10. The molecule has 0 unspecified atom stereocenters. The van der Waals surface area contributed by atoms with Crippen LogP contribution in [0.5, 0.6) is 0 Å². The van der Waals surface area contributed by atoms with Crippen LogP contribution in [-0.4, -0.2) is 114 Å². The lowest BCUT2D eigenvalue weighted by atomic mass is 9.92. The normalized spacial score (nSPS) is 10.8. The summed E-state index contributed by atoms with van der Waals surface area (Å²) in [5.41, 5.74) is -0.722. The van der Waals surface area contributed by atoms with Crippen molar-refractivity contribution in [1.29, 1.82) is 10.5 Å². The summed E-state index contributed by atoms with van der Waals surface area (Å²) in [6.45, 7) is 16.1. The van der Waals surface area contributed by atoms with Crippen molar-refractivity contribution in [2.75, 3.05) is 85.8 Å². The molecule has 0 aliphatic heterocycles. The zero-order chi connectivity index (χ0) is 40.0. The van der Waals surface area contributed by atoms with E-state index >= 15 is 0 Å². The second-order valence-electron chi connectivity index (χ2n) is 12.7. The Morgan fingerprint density at radius 3 is 1.83 bits per heavy atom. The SMILES string of the molecule is C=CCOCC(COCC=C)(COC(=O)NCCCCCCN(OCNCCCCCCOC#N)N(C=O)CCCCCCOC#N)COC(=O)C(=C)C. The lowest BCUT2D eigenvalue weighted by Crippen LogP contribution is -2.44. The first-order chi connectivity index (χ1) is 26.3. The van der Waals surface area contributed by atoms with E-state index in [0.717, 1.165) is 83.6 Å². The number of hydrazine groups is 1. The molecule has 0 aromatic carbocycles. The molecule has 2 amide bonds. The van der Waals surface area contributed by atoms with Crippen molar-refractivity contribution in [3.05, 3.63) is 37.5 Å². The van der Waals surface area contributed by atoms with Gasteiger partial charge in [-0.2, -0.15) is 10.5 Å². The quantitative estimate of drug-likeness (QED) is 0.0123. The summed E-state index contributed by atoms with van der Waals surface area (Å²) in [6.07, 6.45) is 16.9. The van der Waals surface area contributed by atoms with E-state index in [0.29, 0.717) is 39.3 Å². The zero-order valence-electron chi connectivity index (χ0n) is 32.4. The Bertz CT molecular complexity index is 1100. The molecular weight excluding hydrogens is 700 g/mol. The van der Waals surface area contributed by atoms with Gasteiger partial charge < -0.3 is 33.7 Å². The molecule has 16 heteroatoms. The highest BCUT2D eigenvalue weighted by Gasteiger charge is 2.35. The summed E-state index contributed by atoms with van der Waals surface area (Å²) in [5, 5.41) is 26.1. The van der Waals surface area contributed by atoms with Gasteiger partial charge in [-0.25, -0.2) is 9.59 Å². The number of hydroxylamine groups is 1. The van der Waals surface area contributed by atoms with Crippen LogP contribution in [0.4, 0.5) is 4.79 Å². The molecule has 0 saturated carbocycles. The van der Waals surface area contributed by atoms with Gasteiger partial charge in [0.15, 0.2) is 0 Å². The number of nitriles is 2. The standard InChI is InChI=1S/C38H64N6O10/c1-5-23-48-27-38(28-49-24-6-2,29-52-36(46)35(3)4)30-53-37(47)42-20-14-7-9-16-22-44(43(34-45)21-15-10-12-18-26-51-32-40)54-33-41-19-13-8-11-17-25-50-31-39/h5-6,34,41H,1-3,7-30,33H2,4H3,(H,42,47). The number of carbonyl (C=O) groups excluding carboxylic acids is 3. The first kappa shape index (κ1) is 49.8. The fourth-order valence-corrected chi connectivity index (χ4v) is 4.84. The van der Waals surface area contributed by atoms with Crippen LogP contribution in [0, 0.1) is 28.4 Å². The molecule has 0 aromatic rings. The van der Waals surface area contributed by atoms with Gasteiger partial charge in [0, 0.05) is 25.2 Å². The third-order valence-corrected chi connectivity index (χ3v) is 7.79. The molecule has 0 aromatic heterocycles. The lowest BCUT2D eigenvalue weighted by molar-refractivity contribution is -0.273. The highest BCUT2D eigenvalue weighted by molar-refractivity contribution is 5.86. The predicted octanol–water partition coefficient (Wildman–Crippen LogP) is 5.05. The van der Waals surface area contributed by atoms with E-state index in [9.17, 15) is 14.4 Å². The van der Waals surface area contributed by atoms with Crippen LogP contribution < -0.4 is 10.6 Å². The minimum absolute atomic E-state index is 0.0885. The molecule has 0 rings (SSSR count). The van der Waals surface area contributed by atoms with Crippen LogP contribution in [0.3, 0.4) is 0 Å². The number of unbranched alkanes of at least 4 members (excludes halogenated alkanes) is 9. The van der Waals surface area contributed by atoms with Gasteiger partial charge >= 0.3 is 12.1 Å². The van der Waals surface area contributed by atoms with E-state index in [1.165, 1.54) is 0 Å². The van der Waals surface area contributed by atoms with Crippen molar-refractivity contribution >= 4 is 18.5 Å². The fraction of sp³-hybridized carbons (Fsp3) is 0.711. The third-order valence-electron chi connectivity index (χ3n) is 7.79. The van der Waals surface area contributed by atoms with Gasteiger partial charge in [0.2, 0.25) is 6.41 Å². The minimum atomic E-state index is -0.963. The predicted molar refractivity (Wildman–Crippen MR) is 202 cm³/mol. The second-order valence-corrected chi connectivity index (χ2v) is 12.7. The topological polar surface area (TPSA) is 194 Å². The highest BCUT2D eigenvalue weighted by atomic mass is 16.7. The third kappa shape index (κ3) is 28.3. The number of nitrogens with zero attached hydrogens (tertiary/aromatic N) is 4. The molecule has 0 atom stereocenters. The molecule has 306 valence electrons. The van der Waals surface area contributed by atoms with E-state index in [1.54, 1.807) is 41.8 Å². The maximum absolute atomic E-state index is 12.6. The Morgan fingerprint density at radius 1 is 0.741 bits per heavy atom. The molecule has 2 N–H and O–H groups in total. The Hall–Kier alpha value is -4.19. The Balaban J connectivity index is 4.85. The molecule has 54 heavy (non-hydrogen) atoms. The van der Waals surface area contributed by atoms with Gasteiger partial charge in [0.1, 0.15) is 33.2 Å². The van der Waals surface area contributed by atoms with Crippen molar-refractivity contribution in [2.24, 2.45) is 5.41 Å².